The van der Waals surface area contributed by atoms with Crippen LogP contribution in [-0.4, -0.2) is 47.4 Å². The number of likely N-dealkylation sites (N-methyl/N-ethyl adjacent to an activating group) is 1. The number of aromatic carboxylic acids is 1. The van der Waals surface area contributed by atoms with Crippen molar-refractivity contribution < 1.29 is 19.5 Å². The third kappa shape index (κ3) is 2.89. The summed E-state index contributed by atoms with van der Waals surface area (Å²) in [6, 6.07) is 4.60. The highest BCUT2D eigenvalue weighted by Gasteiger charge is 2.30. The summed E-state index contributed by atoms with van der Waals surface area (Å²) in [5, 5.41) is 9.03. The van der Waals surface area contributed by atoms with E-state index < -0.39 is 5.97 Å². The van der Waals surface area contributed by atoms with Crippen LogP contribution in [-0.2, 0) is 16.0 Å². The van der Waals surface area contributed by atoms with E-state index >= 15 is 0 Å². The van der Waals surface area contributed by atoms with Crippen LogP contribution in [0.15, 0.2) is 18.2 Å². The van der Waals surface area contributed by atoms with Crippen molar-refractivity contribution in [3.63, 3.8) is 0 Å². The van der Waals surface area contributed by atoms with Gasteiger partial charge in [0.2, 0.25) is 11.8 Å². The molecular formula is C15H18N2O4. The first-order valence-corrected chi connectivity index (χ1v) is 6.73. The van der Waals surface area contributed by atoms with Gasteiger partial charge in [-0.05, 0) is 31.5 Å². The van der Waals surface area contributed by atoms with Gasteiger partial charge < -0.3 is 14.9 Å². The normalized spacial score (nSPS) is 13.5. The quantitative estimate of drug-likeness (QED) is 0.902. The van der Waals surface area contributed by atoms with Gasteiger partial charge in [0.05, 0.1) is 12.0 Å². The molecule has 0 bridgehead atoms. The second-order valence-corrected chi connectivity index (χ2v) is 5.40. The first kappa shape index (κ1) is 15.0. The van der Waals surface area contributed by atoms with Gasteiger partial charge in [-0.2, -0.15) is 0 Å². The largest absolute Gasteiger partial charge is 0.478 e. The Kier molecular flexibility index (Phi) is 3.97. The van der Waals surface area contributed by atoms with Gasteiger partial charge in [0, 0.05) is 18.8 Å². The van der Waals surface area contributed by atoms with Gasteiger partial charge in [0.25, 0.3) is 0 Å². The zero-order chi connectivity index (χ0) is 15.7. The van der Waals surface area contributed by atoms with Crippen molar-refractivity contribution in [2.45, 2.75) is 26.3 Å². The predicted octanol–water partition coefficient (Wildman–Crippen LogP) is 1.14. The number of nitrogens with zero attached hydrogens (tertiary/aromatic N) is 2. The Balaban J connectivity index is 2.27. The molecule has 6 heteroatoms. The maximum Gasteiger partial charge on any atom is 0.335 e. The lowest BCUT2D eigenvalue weighted by Gasteiger charge is -2.25. The van der Waals surface area contributed by atoms with Crippen LogP contribution < -0.4 is 4.90 Å². The Morgan fingerprint density at radius 1 is 1.38 bits per heavy atom. The van der Waals surface area contributed by atoms with Gasteiger partial charge in [-0.25, -0.2) is 4.79 Å². The van der Waals surface area contributed by atoms with Crippen LogP contribution in [0.4, 0.5) is 5.69 Å². The molecule has 1 aromatic carbocycles. The van der Waals surface area contributed by atoms with E-state index in [2.05, 4.69) is 0 Å². The van der Waals surface area contributed by atoms with Gasteiger partial charge in [0.1, 0.15) is 6.54 Å². The summed E-state index contributed by atoms with van der Waals surface area (Å²) in [6.07, 6.45) is 0.202. The molecule has 1 heterocycles. The highest BCUT2D eigenvalue weighted by Crippen LogP contribution is 2.30. The summed E-state index contributed by atoms with van der Waals surface area (Å²) < 4.78 is 0. The number of fused-ring (bicyclic) bond motifs is 1. The minimum absolute atomic E-state index is 0.0417. The highest BCUT2D eigenvalue weighted by atomic mass is 16.4. The van der Waals surface area contributed by atoms with Gasteiger partial charge in [-0.3, -0.25) is 9.59 Å². The van der Waals surface area contributed by atoms with Crippen molar-refractivity contribution in [3.8, 4) is 0 Å². The Hall–Kier alpha value is -2.37. The molecule has 1 aromatic rings. The third-order valence-electron chi connectivity index (χ3n) is 3.73. The van der Waals surface area contributed by atoms with Crippen molar-refractivity contribution >= 4 is 23.5 Å². The van der Waals surface area contributed by atoms with Gasteiger partial charge in [0.15, 0.2) is 0 Å². The molecular weight excluding hydrogens is 272 g/mol. The molecule has 1 aliphatic rings. The lowest BCUT2D eigenvalue weighted by Crippen LogP contribution is -2.42. The number of hydrogen-bond donors (Lipinski definition) is 1. The van der Waals surface area contributed by atoms with E-state index in [1.165, 1.54) is 17.0 Å². The fourth-order valence-electron chi connectivity index (χ4n) is 2.20. The Bertz CT molecular complexity index is 610. The van der Waals surface area contributed by atoms with Gasteiger partial charge >= 0.3 is 5.97 Å². The van der Waals surface area contributed by atoms with Crippen LogP contribution in [0, 0.1) is 0 Å². The van der Waals surface area contributed by atoms with Crippen LogP contribution in [0.5, 0.6) is 0 Å². The molecule has 0 unspecified atom stereocenters. The minimum atomic E-state index is -1.05. The summed E-state index contributed by atoms with van der Waals surface area (Å²) in [5.41, 5.74) is 1.38. The van der Waals surface area contributed by atoms with Crippen LogP contribution >= 0.6 is 0 Å². The molecule has 0 atom stereocenters. The van der Waals surface area contributed by atoms with Crippen LogP contribution in [0.25, 0.3) is 0 Å². The molecule has 0 saturated heterocycles. The van der Waals surface area contributed by atoms with Crippen LogP contribution in [0.3, 0.4) is 0 Å². The summed E-state index contributed by atoms with van der Waals surface area (Å²) in [5.74, 6) is -1.41. The molecule has 0 saturated carbocycles. The van der Waals surface area contributed by atoms with Crippen molar-refractivity contribution in [2.24, 2.45) is 0 Å². The summed E-state index contributed by atoms with van der Waals surface area (Å²) >= 11 is 0. The highest BCUT2D eigenvalue weighted by molar-refractivity contribution is 6.06. The number of amides is 2. The first-order chi connectivity index (χ1) is 9.81. The Morgan fingerprint density at radius 3 is 2.62 bits per heavy atom. The Labute approximate surface area is 123 Å². The molecule has 0 fully saturated rings. The number of rotatable bonds is 4. The molecule has 21 heavy (non-hydrogen) atoms. The van der Waals surface area contributed by atoms with E-state index in [9.17, 15) is 14.4 Å². The fourth-order valence-corrected chi connectivity index (χ4v) is 2.20. The van der Waals surface area contributed by atoms with E-state index in [0.29, 0.717) is 5.69 Å². The molecule has 0 aromatic heterocycles. The van der Waals surface area contributed by atoms with Crippen molar-refractivity contribution in [1.82, 2.24) is 4.90 Å². The number of carboxylic acid groups (broad SMARTS) is 1. The summed E-state index contributed by atoms with van der Waals surface area (Å²) in [7, 11) is 1.68. The number of hydrogen-bond acceptors (Lipinski definition) is 3. The molecule has 1 aliphatic heterocycles. The van der Waals surface area contributed by atoms with E-state index in [0.717, 1.165) is 5.56 Å². The maximum atomic E-state index is 12.1. The molecule has 6 nitrogen and oxygen atoms in total. The number of carbonyl (C=O) groups is 3. The zero-order valence-corrected chi connectivity index (χ0v) is 12.3. The smallest absolute Gasteiger partial charge is 0.335 e. The molecule has 1 N–H and O–H groups in total. The van der Waals surface area contributed by atoms with Crippen molar-refractivity contribution in [1.29, 1.82) is 0 Å². The van der Waals surface area contributed by atoms with E-state index in [1.807, 2.05) is 13.8 Å². The summed E-state index contributed by atoms with van der Waals surface area (Å²) in [6.45, 7) is 3.71. The van der Waals surface area contributed by atoms with Gasteiger partial charge in [-0.1, -0.05) is 6.07 Å². The average Bonchev–Trinajstić information content (AvgIpc) is 2.73. The van der Waals surface area contributed by atoms with Crippen molar-refractivity contribution in [3.05, 3.63) is 29.3 Å². The standard InChI is InChI=1S/C15H18N2O4/c1-9(2)16(3)14(19)8-17-12-6-11(15(20)21)5-4-10(12)7-13(17)18/h4-6,9H,7-8H2,1-3H3,(H,20,21). The number of benzene rings is 1. The lowest BCUT2D eigenvalue weighted by molar-refractivity contribution is -0.131. The van der Waals surface area contributed by atoms with Crippen molar-refractivity contribution in [2.75, 3.05) is 18.5 Å². The maximum absolute atomic E-state index is 12.1. The molecule has 112 valence electrons. The predicted molar refractivity (Wildman–Crippen MR) is 77.4 cm³/mol. The first-order valence-electron chi connectivity index (χ1n) is 6.73. The monoisotopic (exact) mass is 290 g/mol. The number of carboxylic acids is 1. The second-order valence-electron chi connectivity index (χ2n) is 5.40. The van der Waals surface area contributed by atoms with E-state index in [-0.39, 0.29) is 36.4 Å². The topological polar surface area (TPSA) is 77.9 Å². The molecule has 0 spiro atoms. The molecule has 2 rings (SSSR count). The molecule has 0 radical (unpaired) electrons. The molecule has 2 amide bonds. The Morgan fingerprint density at radius 2 is 2.05 bits per heavy atom. The third-order valence-corrected chi connectivity index (χ3v) is 3.73. The van der Waals surface area contributed by atoms with E-state index in [4.69, 9.17) is 5.11 Å². The summed E-state index contributed by atoms with van der Waals surface area (Å²) in [4.78, 5) is 38.1. The van der Waals surface area contributed by atoms with Gasteiger partial charge in [-0.15, -0.1) is 0 Å². The minimum Gasteiger partial charge on any atom is -0.478 e. The zero-order valence-electron chi connectivity index (χ0n) is 12.3. The second kappa shape index (κ2) is 5.55. The molecule has 0 aliphatic carbocycles. The van der Waals surface area contributed by atoms with Crippen LogP contribution in [0.1, 0.15) is 29.8 Å². The lowest BCUT2D eigenvalue weighted by atomic mass is 10.1. The van der Waals surface area contributed by atoms with E-state index in [1.54, 1.807) is 18.0 Å². The number of carbonyl (C=O) groups excluding carboxylic acids is 2. The fraction of sp³-hybridized carbons (Fsp3) is 0.400. The SMILES string of the molecule is CC(C)N(C)C(=O)CN1C(=O)Cc2ccc(C(=O)O)cc21. The average molecular weight is 290 g/mol. The number of anilines is 1. The van der Waals surface area contributed by atoms with Crippen LogP contribution in [0.2, 0.25) is 0 Å².